The van der Waals surface area contributed by atoms with E-state index in [2.05, 4.69) is 5.32 Å². The van der Waals surface area contributed by atoms with Gasteiger partial charge in [-0.15, -0.1) is 0 Å². The van der Waals surface area contributed by atoms with Gasteiger partial charge < -0.3 is 15.8 Å². The Morgan fingerprint density at radius 2 is 2.12 bits per heavy atom. The molecule has 1 aliphatic rings. The van der Waals surface area contributed by atoms with Crippen molar-refractivity contribution < 1.29 is 9.53 Å². The average Bonchev–Trinajstić information content (AvgIpc) is 2.29. The smallest absolute Gasteiger partial charge is 0.217 e. The summed E-state index contributed by atoms with van der Waals surface area (Å²) in [5.41, 5.74) is 7.52. The van der Waals surface area contributed by atoms with Crippen LogP contribution >= 0.6 is 0 Å². The molecule has 4 nitrogen and oxygen atoms in total. The van der Waals surface area contributed by atoms with Crippen molar-refractivity contribution in [2.45, 2.75) is 31.9 Å². The Hall–Kier alpha value is -1.55. The topological polar surface area (TPSA) is 64.3 Å². The van der Waals surface area contributed by atoms with Crippen LogP contribution in [0.1, 0.15) is 31.4 Å². The molecule has 1 fully saturated rings. The summed E-state index contributed by atoms with van der Waals surface area (Å²) in [4.78, 5) is 11.0. The van der Waals surface area contributed by atoms with Gasteiger partial charge in [0, 0.05) is 25.3 Å². The third kappa shape index (κ3) is 3.20. The minimum Gasteiger partial charge on any atom is -0.399 e. The Morgan fingerprint density at radius 1 is 1.41 bits per heavy atom. The molecule has 0 bridgehead atoms. The molecule has 4 heteroatoms. The number of carbonyl (C=O) groups is 1. The third-order valence-corrected chi connectivity index (χ3v) is 3.00. The lowest BCUT2D eigenvalue weighted by atomic mass is 9.97. The van der Waals surface area contributed by atoms with Crippen molar-refractivity contribution in [2.24, 2.45) is 0 Å². The van der Waals surface area contributed by atoms with Crippen molar-refractivity contribution >= 4 is 11.6 Å². The Morgan fingerprint density at radius 3 is 2.76 bits per heavy atom. The van der Waals surface area contributed by atoms with Crippen molar-refractivity contribution in [2.75, 3.05) is 12.3 Å². The van der Waals surface area contributed by atoms with Crippen molar-refractivity contribution in [3.05, 3.63) is 29.8 Å². The molecular formula is C13H18N2O2. The molecule has 1 aromatic rings. The highest BCUT2D eigenvalue weighted by molar-refractivity contribution is 5.73. The largest absolute Gasteiger partial charge is 0.399 e. The highest BCUT2D eigenvalue weighted by Gasteiger charge is 2.24. The number of carbonyl (C=O) groups excluding carboxylic acids is 1. The molecule has 3 N–H and O–H groups in total. The molecule has 1 aromatic carbocycles. The van der Waals surface area contributed by atoms with Crippen molar-refractivity contribution in [3.63, 3.8) is 0 Å². The van der Waals surface area contributed by atoms with Crippen LogP contribution in [0.25, 0.3) is 0 Å². The molecule has 0 spiro atoms. The predicted octanol–water partition coefficient (Wildman–Crippen LogP) is 1.62. The van der Waals surface area contributed by atoms with Crippen LogP contribution in [-0.4, -0.2) is 18.6 Å². The van der Waals surface area contributed by atoms with Crippen molar-refractivity contribution in [3.8, 4) is 0 Å². The molecule has 1 amide bonds. The second-order valence-corrected chi connectivity index (χ2v) is 4.45. The minimum atomic E-state index is 0.0213. The van der Waals surface area contributed by atoms with Gasteiger partial charge >= 0.3 is 0 Å². The van der Waals surface area contributed by atoms with Crippen LogP contribution in [0.5, 0.6) is 0 Å². The number of ether oxygens (including phenoxy) is 1. The Balaban J connectivity index is 2.01. The van der Waals surface area contributed by atoms with Crippen LogP contribution in [-0.2, 0) is 9.53 Å². The first-order valence-corrected chi connectivity index (χ1v) is 5.89. The van der Waals surface area contributed by atoms with Gasteiger partial charge in [0.15, 0.2) is 0 Å². The van der Waals surface area contributed by atoms with Gasteiger partial charge in [0.05, 0.1) is 6.10 Å². The van der Waals surface area contributed by atoms with Gasteiger partial charge in [-0.2, -0.15) is 0 Å². The molecule has 2 atom stereocenters. The van der Waals surface area contributed by atoms with Gasteiger partial charge in [-0.3, -0.25) is 4.79 Å². The number of anilines is 1. The number of nitrogen functional groups attached to an aromatic ring is 1. The lowest BCUT2D eigenvalue weighted by Gasteiger charge is -2.30. The summed E-state index contributed by atoms with van der Waals surface area (Å²) in [5, 5.41) is 2.95. The number of nitrogens with two attached hydrogens (primary N) is 1. The molecule has 92 valence electrons. The maximum atomic E-state index is 11.0. The molecule has 17 heavy (non-hydrogen) atoms. The van der Waals surface area contributed by atoms with Crippen LogP contribution in [0, 0.1) is 0 Å². The van der Waals surface area contributed by atoms with Crippen LogP contribution in [0.15, 0.2) is 24.3 Å². The van der Waals surface area contributed by atoms with E-state index in [9.17, 15) is 4.79 Å². The molecule has 2 rings (SSSR count). The molecular weight excluding hydrogens is 216 g/mol. The Kier molecular flexibility index (Phi) is 3.64. The zero-order valence-corrected chi connectivity index (χ0v) is 9.98. The molecule has 1 heterocycles. The van der Waals surface area contributed by atoms with E-state index in [1.165, 1.54) is 0 Å². The lowest BCUT2D eigenvalue weighted by molar-refractivity contribution is -0.120. The number of hydrogen-bond acceptors (Lipinski definition) is 3. The molecule has 1 aliphatic heterocycles. The molecule has 0 aromatic heterocycles. The van der Waals surface area contributed by atoms with E-state index in [0.717, 1.165) is 24.1 Å². The maximum Gasteiger partial charge on any atom is 0.217 e. The zero-order chi connectivity index (χ0) is 12.3. The highest BCUT2D eigenvalue weighted by Crippen LogP contribution is 2.28. The quantitative estimate of drug-likeness (QED) is 0.764. The summed E-state index contributed by atoms with van der Waals surface area (Å²) in [7, 11) is 0. The SMILES string of the molecule is CC(=O)N[C@@H]1CCO[C@H](c2ccc(N)cc2)C1. The summed E-state index contributed by atoms with van der Waals surface area (Å²) in [5.74, 6) is 0.0213. The summed E-state index contributed by atoms with van der Waals surface area (Å²) < 4.78 is 5.72. The summed E-state index contributed by atoms with van der Waals surface area (Å²) in [6.07, 6.45) is 1.76. The predicted molar refractivity (Wildman–Crippen MR) is 66.4 cm³/mol. The number of rotatable bonds is 2. The van der Waals surface area contributed by atoms with Gasteiger partial charge in [-0.1, -0.05) is 12.1 Å². The average molecular weight is 234 g/mol. The van der Waals surface area contributed by atoms with E-state index >= 15 is 0 Å². The fraction of sp³-hybridized carbons (Fsp3) is 0.462. The Labute approximate surface area is 101 Å². The molecule has 0 aliphatic carbocycles. The normalized spacial score (nSPS) is 24.3. The van der Waals surface area contributed by atoms with Gasteiger partial charge in [0.1, 0.15) is 0 Å². The van der Waals surface area contributed by atoms with Crippen LogP contribution in [0.4, 0.5) is 5.69 Å². The van der Waals surface area contributed by atoms with Crippen LogP contribution in [0.2, 0.25) is 0 Å². The maximum absolute atomic E-state index is 11.0. The third-order valence-electron chi connectivity index (χ3n) is 3.00. The Bertz CT molecular complexity index is 389. The van der Waals surface area contributed by atoms with Crippen LogP contribution in [0.3, 0.4) is 0 Å². The van der Waals surface area contributed by atoms with Gasteiger partial charge in [0.25, 0.3) is 0 Å². The van der Waals surface area contributed by atoms with E-state index in [-0.39, 0.29) is 18.1 Å². The number of amides is 1. The highest BCUT2D eigenvalue weighted by atomic mass is 16.5. The molecule has 1 saturated heterocycles. The van der Waals surface area contributed by atoms with Gasteiger partial charge in [-0.25, -0.2) is 0 Å². The second-order valence-electron chi connectivity index (χ2n) is 4.45. The minimum absolute atomic E-state index is 0.0213. The number of nitrogens with one attached hydrogen (secondary N) is 1. The molecule has 0 unspecified atom stereocenters. The van der Waals surface area contributed by atoms with Crippen molar-refractivity contribution in [1.29, 1.82) is 0 Å². The standard InChI is InChI=1S/C13H18N2O2/c1-9(16)15-12-6-7-17-13(8-12)10-2-4-11(14)5-3-10/h2-5,12-13H,6-8,14H2,1H3,(H,15,16)/t12-,13+/m1/s1. The van der Waals surface area contributed by atoms with E-state index < -0.39 is 0 Å². The van der Waals surface area contributed by atoms with E-state index in [4.69, 9.17) is 10.5 Å². The van der Waals surface area contributed by atoms with E-state index in [1.54, 1.807) is 6.92 Å². The monoisotopic (exact) mass is 234 g/mol. The first-order valence-electron chi connectivity index (χ1n) is 5.89. The first-order chi connectivity index (χ1) is 8.15. The van der Waals surface area contributed by atoms with Gasteiger partial charge in [-0.05, 0) is 30.5 Å². The van der Waals surface area contributed by atoms with Crippen LogP contribution < -0.4 is 11.1 Å². The zero-order valence-electron chi connectivity index (χ0n) is 9.98. The fourth-order valence-electron chi connectivity index (χ4n) is 2.16. The summed E-state index contributed by atoms with van der Waals surface area (Å²) in [6, 6.07) is 7.93. The summed E-state index contributed by atoms with van der Waals surface area (Å²) in [6.45, 7) is 2.23. The van der Waals surface area contributed by atoms with E-state index in [1.807, 2.05) is 24.3 Å². The van der Waals surface area contributed by atoms with Gasteiger partial charge in [0.2, 0.25) is 5.91 Å². The van der Waals surface area contributed by atoms with E-state index in [0.29, 0.717) is 6.61 Å². The lowest BCUT2D eigenvalue weighted by Crippen LogP contribution is -2.38. The fourth-order valence-corrected chi connectivity index (χ4v) is 2.16. The first kappa shape index (κ1) is 11.9. The second kappa shape index (κ2) is 5.19. The van der Waals surface area contributed by atoms with Crippen molar-refractivity contribution in [1.82, 2.24) is 5.32 Å². The number of hydrogen-bond donors (Lipinski definition) is 2. The molecule has 0 saturated carbocycles. The number of benzene rings is 1. The molecule has 0 radical (unpaired) electrons. The summed E-state index contributed by atoms with van der Waals surface area (Å²) >= 11 is 0.